The molecule has 0 amide bonds. The van der Waals surface area contributed by atoms with Crippen molar-refractivity contribution in [3.8, 4) is 0 Å². The molecule has 0 unspecified atom stereocenters. The number of hydrogen-bond donors (Lipinski definition) is 1. The van der Waals surface area contributed by atoms with E-state index in [9.17, 15) is 4.39 Å². The number of furan rings is 1. The minimum atomic E-state index is -0.180. The molecule has 2 aromatic carbocycles. The van der Waals surface area contributed by atoms with Crippen molar-refractivity contribution in [2.45, 2.75) is 24.8 Å². The lowest BCUT2D eigenvalue weighted by Crippen LogP contribution is -2.42. The van der Waals surface area contributed by atoms with Crippen molar-refractivity contribution in [2.24, 2.45) is 0 Å². The monoisotopic (exact) mass is 339 g/mol. The van der Waals surface area contributed by atoms with Crippen LogP contribution < -0.4 is 5.32 Å². The van der Waals surface area contributed by atoms with Crippen LogP contribution in [0, 0.1) is 5.82 Å². The van der Waals surface area contributed by atoms with Gasteiger partial charge in [-0.3, -0.25) is 0 Å². The van der Waals surface area contributed by atoms with Crippen molar-refractivity contribution in [2.75, 3.05) is 19.8 Å². The fourth-order valence-electron chi connectivity index (χ4n) is 3.70. The van der Waals surface area contributed by atoms with E-state index in [-0.39, 0.29) is 11.2 Å². The topological polar surface area (TPSA) is 34.4 Å². The predicted molar refractivity (Wildman–Crippen MR) is 96.1 cm³/mol. The molecule has 1 saturated heterocycles. The van der Waals surface area contributed by atoms with Crippen LogP contribution in [-0.2, 0) is 16.7 Å². The van der Waals surface area contributed by atoms with E-state index in [4.69, 9.17) is 9.15 Å². The Labute approximate surface area is 146 Å². The van der Waals surface area contributed by atoms with Gasteiger partial charge in [-0.15, -0.1) is 0 Å². The van der Waals surface area contributed by atoms with E-state index in [0.717, 1.165) is 41.7 Å². The summed E-state index contributed by atoms with van der Waals surface area (Å²) in [4.78, 5) is 0. The molecule has 4 rings (SSSR count). The van der Waals surface area contributed by atoms with Crippen molar-refractivity contribution in [1.82, 2.24) is 5.32 Å². The van der Waals surface area contributed by atoms with E-state index >= 15 is 0 Å². The fraction of sp³-hybridized carbons (Fsp3) is 0.333. The third kappa shape index (κ3) is 3.46. The van der Waals surface area contributed by atoms with Gasteiger partial charge in [-0.25, -0.2) is 4.39 Å². The molecule has 0 bridgehead atoms. The Morgan fingerprint density at radius 1 is 1.00 bits per heavy atom. The Balaban J connectivity index is 1.49. The van der Waals surface area contributed by atoms with Crippen LogP contribution in [0.2, 0.25) is 0 Å². The van der Waals surface area contributed by atoms with Crippen LogP contribution in [0.4, 0.5) is 4.39 Å². The van der Waals surface area contributed by atoms with Crippen LogP contribution in [0.5, 0.6) is 0 Å². The molecular formula is C21H22FNO2. The molecule has 3 nitrogen and oxygen atoms in total. The summed E-state index contributed by atoms with van der Waals surface area (Å²) in [6.07, 6.45) is 1.78. The summed E-state index contributed by atoms with van der Waals surface area (Å²) in [5.41, 5.74) is 1.87. The van der Waals surface area contributed by atoms with E-state index < -0.39 is 0 Å². The Morgan fingerprint density at radius 2 is 1.84 bits per heavy atom. The number of fused-ring (bicyclic) bond motifs is 1. The Morgan fingerprint density at radius 3 is 2.64 bits per heavy atom. The van der Waals surface area contributed by atoms with Crippen LogP contribution >= 0.6 is 0 Å². The van der Waals surface area contributed by atoms with Gasteiger partial charge in [-0.2, -0.15) is 0 Å². The zero-order chi connectivity index (χ0) is 17.1. The maximum atomic E-state index is 13.7. The maximum Gasteiger partial charge on any atom is 0.134 e. The zero-order valence-electron chi connectivity index (χ0n) is 14.1. The summed E-state index contributed by atoms with van der Waals surface area (Å²) < 4.78 is 25.1. The van der Waals surface area contributed by atoms with Gasteiger partial charge in [-0.05, 0) is 42.7 Å². The molecule has 4 heteroatoms. The first-order valence-corrected chi connectivity index (χ1v) is 8.77. The number of para-hydroxylation sites is 1. The highest BCUT2D eigenvalue weighted by molar-refractivity contribution is 5.77. The van der Waals surface area contributed by atoms with Crippen molar-refractivity contribution in [1.29, 1.82) is 0 Å². The molecule has 0 spiro atoms. The van der Waals surface area contributed by atoms with Gasteiger partial charge in [0.15, 0.2) is 0 Å². The third-order valence-corrected chi connectivity index (χ3v) is 5.13. The third-order valence-electron chi connectivity index (χ3n) is 5.13. The van der Waals surface area contributed by atoms with Crippen LogP contribution in [0.3, 0.4) is 0 Å². The van der Waals surface area contributed by atoms with E-state index in [1.807, 2.05) is 24.3 Å². The molecule has 1 aliphatic rings. The molecule has 1 N–H and O–H groups in total. The van der Waals surface area contributed by atoms with Crippen LogP contribution in [-0.4, -0.2) is 19.8 Å². The van der Waals surface area contributed by atoms with Gasteiger partial charge in [0, 0.05) is 30.6 Å². The van der Waals surface area contributed by atoms with Crippen LogP contribution in [0.15, 0.2) is 59.0 Å². The molecule has 1 fully saturated rings. The molecule has 0 atom stereocenters. The number of ether oxygens (including phenoxy) is 1. The Hall–Kier alpha value is -2.17. The summed E-state index contributed by atoms with van der Waals surface area (Å²) in [6, 6.07) is 17.1. The molecular weight excluding hydrogens is 317 g/mol. The molecule has 0 radical (unpaired) electrons. The molecule has 130 valence electrons. The number of halogens is 1. The minimum absolute atomic E-state index is 0.0909. The van der Waals surface area contributed by atoms with Crippen molar-refractivity contribution < 1.29 is 13.5 Å². The number of rotatable bonds is 5. The van der Waals surface area contributed by atoms with Gasteiger partial charge in [0.25, 0.3) is 0 Å². The van der Waals surface area contributed by atoms with Gasteiger partial charge in [0.05, 0.1) is 6.54 Å². The highest BCUT2D eigenvalue weighted by Gasteiger charge is 2.34. The minimum Gasteiger partial charge on any atom is -0.460 e. The first-order chi connectivity index (χ1) is 12.3. The highest BCUT2D eigenvalue weighted by Crippen LogP contribution is 2.34. The molecule has 0 aliphatic carbocycles. The maximum absolute atomic E-state index is 13.7. The molecule has 3 aromatic rings. The number of benzene rings is 2. The highest BCUT2D eigenvalue weighted by atomic mass is 19.1. The Bertz CT molecular complexity index is 819. The second-order valence-corrected chi connectivity index (χ2v) is 6.76. The smallest absolute Gasteiger partial charge is 0.134 e. The summed E-state index contributed by atoms with van der Waals surface area (Å²) in [6.45, 7) is 2.86. The van der Waals surface area contributed by atoms with E-state index in [1.165, 1.54) is 6.07 Å². The standard InChI is InChI=1S/C21H22FNO2/c22-18-6-3-5-17(13-18)21(8-10-24-11-9-21)15-23-14-19-12-16-4-1-2-7-20(16)25-19/h1-7,12-13,23H,8-11,14-15H2. The molecule has 0 saturated carbocycles. The molecule has 1 aliphatic heterocycles. The summed E-state index contributed by atoms with van der Waals surface area (Å²) in [5.74, 6) is 0.739. The SMILES string of the molecule is Fc1cccc(C2(CNCc3cc4ccccc4o3)CCOCC2)c1. The number of nitrogens with one attached hydrogen (secondary N) is 1. The second kappa shape index (κ2) is 6.98. The summed E-state index contributed by atoms with van der Waals surface area (Å²) >= 11 is 0. The summed E-state index contributed by atoms with van der Waals surface area (Å²) in [5, 5.41) is 4.64. The lowest BCUT2D eigenvalue weighted by molar-refractivity contribution is 0.0495. The van der Waals surface area contributed by atoms with E-state index in [0.29, 0.717) is 19.8 Å². The summed E-state index contributed by atoms with van der Waals surface area (Å²) in [7, 11) is 0. The van der Waals surface area contributed by atoms with Gasteiger partial charge >= 0.3 is 0 Å². The Kier molecular flexibility index (Phi) is 4.55. The fourth-order valence-corrected chi connectivity index (χ4v) is 3.70. The van der Waals surface area contributed by atoms with Gasteiger partial charge in [0.2, 0.25) is 0 Å². The largest absolute Gasteiger partial charge is 0.460 e. The zero-order valence-corrected chi connectivity index (χ0v) is 14.1. The quantitative estimate of drug-likeness (QED) is 0.748. The van der Waals surface area contributed by atoms with Crippen LogP contribution in [0.25, 0.3) is 11.0 Å². The van der Waals surface area contributed by atoms with E-state index in [2.05, 4.69) is 17.4 Å². The van der Waals surface area contributed by atoms with Crippen molar-refractivity contribution in [3.63, 3.8) is 0 Å². The molecule has 2 heterocycles. The average Bonchev–Trinajstić information content (AvgIpc) is 3.05. The van der Waals surface area contributed by atoms with Crippen molar-refractivity contribution >= 4 is 11.0 Å². The van der Waals surface area contributed by atoms with Gasteiger partial charge < -0.3 is 14.5 Å². The van der Waals surface area contributed by atoms with Gasteiger partial charge in [0.1, 0.15) is 17.2 Å². The molecule has 25 heavy (non-hydrogen) atoms. The normalized spacial score (nSPS) is 17.0. The first-order valence-electron chi connectivity index (χ1n) is 8.77. The second-order valence-electron chi connectivity index (χ2n) is 6.76. The lowest BCUT2D eigenvalue weighted by Gasteiger charge is -2.38. The van der Waals surface area contributed by atoms with Gasteiger partial charge in [-0.1, -0.05) is 30.3 Å². The van der Waals surface area contributed by atoms with Crippen LogP contribution in [0.1, 0.15) is 24.2 Å². The van der Waals surface area contributed by atoms with Crippen molar-refractivity contribution in [3.05, 3.63) is 71.7 Å². The number of hydrogen-bond acceptors (Lipinski definition) is 3. The predicted octanol–water partition coefficient (Wildman–Crippen LogP) is 4.41. The van der Waals surface area contributed by atoms with E-state index in [1.54, 1.807) is 12.1 Å². The average molecular weight is 339 g/mol. The first kappa shape index (κ1) is 16.3. The lowest BCUT2D eigenvalue weighted by atomic mass is 9.74. The molecule has 1 aromatic heterocycles.